The number of rotatable bonds is 0. The van der Waals surface area contributed by atoms with E-state index in [1.165, 1.54) is 0 Å². The van der Waals surface area contributed by atoms with Gasteiger partial charge in [-0.1, -0.05) is 0 Å². The monoisotopic (exact) mass is 270 g/mol. The van der Waals surface area contributed by atoms with Gasteiger partial charge >= 0.3 is 37.7 Å². The molecule has 4 nitrogen and oxygen atoms in total. The van der Waals surface area contributed by atoms with E-state index in [9.17, 15) is 0 Å². The van der Waals surface area contributed by atoms with Gasteiger partial charge in [0, 0.05) is 0 Å². The second-order valence-electron chi connectivity index (χ2n) is 0. The minimum Gasteiger partial charge on any atom is -1.00 e. The molecule has 0 aromatic carbocycles. The number of hydrogen-bond donors (Lipinski definition) is 0. The van der Waals surface area contributed by atoms with Crippen LogP contribution in [0.15, 0.2) is 0 Å². The van der Waals surface area contributed by atoms with Crippen molar-refractivity contribution in [2.24, 2.45) is 0 Å². The maximum Gasteiger partial charge on any atom is 2.00 e. The maximum absolute atomic E-state index is 0. The van der Waals surface area contributed by atoms with Crippen molar-refractivity contribution >= 4 is 37.7 Å². The first-order chi connectivity index (χ1) is 0. The van der Waals surface area contributed by atoms with Crippen LogP contribution in [0.4, 0.5) is 0 Å². The minimum absolute atomic E-state index is 0. The smallest absolute Gasteiger partial charge is 1.00 e. The van der Waals surface area contributed by atoms with E-state index in [0.717, 1.165) is 0 Å². The molecule has 8 N–H and O–H groups in total. The Morgan fingerprint density at radius 1 is 0.429 bits per heavy atom. The van der Waals surface area contributed by atoms with E-state index in [-0.39, 0.29) is 93.6 Å². The standard InChI is InChI=1S/2BrH.Ca.4H2O/h2*1H;;4*1H2/q;;+2;;;;/p-2. The van der Waals surface area contributed by atoms with Crippen LogP contribution in [0.2, 0.25) is 0 Å². The van der Waals surface area contributed by atoms with Crippen LogP contribution >= 0.6 is 0 Å². The third-order valence-corrected chi connectivity index (χ3v) is 0. The summed E-state index contributed by atoms with van der Waals surface area (Å²) in [5, 5.41) is 0. The van der Waals surface area contributed by atoms with Crippen LogP contribution in [0.1, 0.15) is 0 Å². The van der Waals surface area contributed by atoms with Crippen molar-refractivity contribution in [3.63, 3.8) is 0 Å². The fraction of sp³-hybridized carbons (Fsp3) is 0. The molecule has 0 amide bonds. The number of hydrogen-bond acceptors (Lipinski definition) is 0. The van der Waals surface area contributed by atoms with Crippen LogP contribution < -0.4 is 34.0 Å². The molecule has 0 heterocycles. The molecule has 0 rings (SSSR count). The van der Waals surface area contributed by atoms with Gasteiger partial charge < -0.3 is 55.9 Å². The zero-order valence-corrected chi connectivity index (χ0v) is 8.84. The average Bonchev–Trinajstić information content (AvgIpc) is 0. The van der Waals surface area contributed by atoms with Crippen LogP contribution in [0.25, 0.3) is 0 Å². The van der Waals surface area contributed by atoms with Gasteiger partial charge in [0.15, 0.2) is 0 Å². The second-order valence-corrected chi connectivity index (χ2v) is 0. The first-order valence-corrected chi connectivity index (χ1v) is 0. The molecule has 0 spiro atoms. The van der Waals surface area contributed by atoms with Gasteiger partial charge in [0.25, 0.3) is 0 Å². The van der Waals surface area contributed by atoms with Crippen molar-refractivity contribution in [2.75, 3.05) is 0 Å². The molecule has 0 aliphatic rings. The second kappa shape index (κ2) is 94.7. The largest absolute Gasteiger partial charge is 2.00 e. The predicted molar refractivity (Wildman–Crippen MR) is 20.2 cm³/mol. The van der Waals surface area contributed by atoms with Crippen LogP contribution in [-0.4, -0.2) is 59.6 Å². The molecule has 0 aromatic rings. The summed E-state index contributed by atoms with van der Waals surface area (Å²) in [5.74, 6) is 0. The fourth-order valence-electron chi connectivity index (χ4n) is 0. The summed E-state index contributed by atoms with van der Waals surface area (Å²) in [5.41, 5.74) is 0. The summed E-state index contributed by atoms with van der Waals surface area (Å²) in [7, 11) is 0. The van der Waals surface area contributed by atoms with Gasteiger partial charge in [0.2, 0.25) is 0 Å². The fourth-order valence-corrected chi connectivity index (χ4v) is 0. The Labute approximate surface area is 92.4 Å². The average molecular weight is 272 g/mol. The summed E-state index contributed by atoms with van der Waals surface area (Å²) in [6, 6.07) is 0. The molecule has 0 saturated heterocycles. The Balaban J connectivity index is 0. The van der Waals surface area contributed by atoms with Crippen LogP contribution in [-0.2, 0) is 0 Å². The third kappa shape index (κ3) is 69.8. The molecule has 0 aliphatic carbocycles. The van der Waals surface area contributed by atoms with Gasteiger partial charge in [0.05, 0.1) is 0 Å². The molecule has 0 aromatic heterocycles. The van der Waals surface area contributed by atoms with Crippen molar-refractivity contribution in [1.29, 1.82) is 0 Å². The van der Waals surface area contributed by atoms with Gasteiger partial charge in [-0.25, -0.2) is 0 Å². The summed E-state index contributed by atoms with van der Waals surface area (Å²) < 4.78 is 0. The topological polar surface area (TPSA) is 126 Å². The molecular weight excluding hydrogens is 264 g/mol. The van der Waals surface area contributed by atoms with Gasteiger partial charge in [-0.05, 0) is 0 Å². The Hall–Kier alpha value is 2.06. The molecule has 0 unspecified atom stereocenters. The Bertz CT molecular complexity index is 9.65. The van der Waals surface area contributed by atoms with E-state index >= 15 is 0 Å². The molecule has 0 fully saturated rings. The summed E-state index contributed by atoms with van der Waals surface area (Å²) in [6.07, 6.45) is 0. The molecular formula is H8Br2CaO4. The first kappa shape index (κ1) is 139. The van der Waals surface area contributed by atoms with Crippen LogP contribution in [0.5, 0.6) is 0 Å². The van der Waals surface area contributed by atoms with Crippen LogP contribution in [0.3, 0.4) is 0 Å². The summed E-state index contributed by atoms with van der Waals surface area (Å²) in [4.78, 5) is 0. The van der Waals surface area contributed by atoms with E-state index in [0.29, 0.717) is 0 Å². The Morgan fingerprint density at radius 3 is 0.429 bits per heavy atom. The van der Waals surface area contributed by atoms with Gasteiger partial charge in [-0.3, -0.25) is 0 Å². The maximum atomic E-state index is 0. The van der Waals surface area contributed by atoms with Crippen molar-refractivity contribution in [2.45, 2.75) is 0 Å². The van der Waals surface area contributed by atoms with Gasteiger partial charge in [-0.15, -0.1) is 0 Å². The van der Waals surface area contributed by atoms with Crippen LogP contribution in [0, 0.1) is 0 Å². The van der Waals surface area contributed by atoms with Crippen molar-refractivity contribution in [3.05, 3.63) is 0 Å². The van der Waals surface area contributed by atoms with Crippen molar-refractivity contribution in [3.8, 4) is 0 Å². The molecule has 0 atom stereocenters. The van der Waals surface area contributed by atoms with E-state index in [1.807, 2.05) is 0 Å². The molecule has 0 radical (unpaired) electrons. The predicted octanol–water partition coefficient (Wildman–Crippen LogP) is -9.67. The van der Waals surface area contributed by atoms with E-state index in [4.69, 9.17) is 0 Å². The number of halogens is 2. The summed E-state index contributed by atoms with van der Waals surface area (Å²) in [6.45, 7) is 0. The zero-order chi connectivity index (χ0) is 0. The Morgan fingerprint density at radius 2 is 0.429 bits per heavy atom. The summed E-state index contributed by atoms with van der Waals surface area (Å²) >= 11 is 0. The minimum atomic E-state index is 0. The molecule has 7 heteroatoms. The molecule has 0 bridgehead atoms. The van der Waals surface area contributed by atoms with E-state index in [1.54, 1.807) is 0 Å². The quantitative estimate of drug-likeness (QED) is 0.388. The molecule has 48 valence electrons. The zero-order valence-electron chi connectivity index (χ0n) is 3.46. The van der Waals surface area contributed by atoms with Gasteiger partial charge in [-0.2, -0.15) is 0 Å². The van der Waals surface area contributed by atoms with Crippen molar-refractivity contribution < 1.29 is 55.9 Å². The normalized spacial score (nSPS) is 0. The Kier molecular flexibility index (Phi) is 1880. The van der Waals surface area contributed by atoms with E-state index < -0.39 is 0 Å². The van der Waals surface area contributed by atoms with Gasteiger partial charge in [0.1, 0.15) is 0 Å². The molecule has 0 saturated carbocycles. The SMILES string of the molecule is O.O.O.O.[Br-].[Br-].[Ca+2]. The first-order valence-electron chi connectivity index (χ1n) is 0. The molecule has 0 aliphatic heterocycles. The molecule has 7 heavy (non-hydrogen) atoms. The van der Waals surface area contributed by atoms with Crippen molar-refractivity contribution in [1.82, 2.24) is 0 Å². The third-order valence-electron chi connectivity index (χ3n) is 0. The van der Waals surface area contributed by atoms with E-state index in [2.05, 4.69) is 0 Å².